The summed E-state index contributed by atoms with van der Waals surface area (Å²) in [5.74, 6) is -0.603. The number of halogens is 1. The van der Waals surface area contributed by atoms with Gasteiger partial charge in [-0.25, -0.2) is 14.2 Å². The maximum absolute atomic E-state index is 12.6. The first-order chi connectivity index (χ1) is 6.16. The molecule has 0 radical (unpaired) electrons. The molecule has 0 aromatic carbocycles. The second-order valence-corrected chi connectivity index (χ2v) is 2.46. The van der Waals surface area contributed by atoms with Crippen LogP contribution in [0.5, 0.6) is 0 Å². The Kier molecular flexibility index (Phi) is 1.48. The van der Waals surface area contributed by atoms with Crippen molar-refractivity contribution < 1.29 is 4.39 Å². The van der Waals surface area contributed by atoms with Crippen LogP contribution in [0.25, 0.3) is 11.0 Å². The smallest absolute Gasteiger partial charge is 0.305 e. The van der Waals surface area contributed by atoms with Gasteiger partial charge in [0, 0.05) is 6.07 Å². The van der Waals surface area contributed by atoms with E-state index in [4.69, 9.17) is 0 Å². The Morgan fingerprint density at radius 2 is 2.08 bits per heavy atom. The van der Waals surface area contributed by atoms with Crippen molar-refractivity contribution in [3.05, 3.63) is 38.9 Å². The molecular formula is C7H4FN3O2. The molecule has 0 saturated heterocycles. The highest BCUT2D eigenvalue weighted by Gasteiger charge is 2.02. The van der Waals surface area contributed by atoms with Crippen LogP contribution in [0.1, 0.15) is 0 Å². The lowest BCUT2D eigenvalue weighted by Crippen LogP contribution is -2.22. The average molecular weight is 181 g/mol. The average Bonchev–Trinajstić information content (AvgIpc) is 2.02. The molecule has 2 N–H and O–H groups in total. The number of nitrogens with zero attached hydrogens (tertiary/aromatic N) is 1. The second kappa shape index (κ2) is 2.51. The summed E-state index contributed by atoms with van der Waals surface area (Å²) in [6, 6.07) is 1.04. The van der Waals surface area contributed by atoms with E-state index in [1.165, 1.54) is 0 Å². The van der Waals surface area contributed by atoms with Crippen LogP contribution in [0.3, 0.4) is 0 Å². The monoisotopic (exact) mass is 181 g/mol. The van der Waals surface area contributed by atoms with Crippen molar-refractivity contribution in [3.8, 4) is 0 Å². The number of nitrogens with one attached hydrogen (secondary N) is 2. The quantitative estimate of drug-likeness (QED) is 0.588. The highest BCUT2D eigenvalue weighted by molar-refractivity contribution is 5.71. The summed E-state index contributed by atoms with van der Waals surface area (Å²) in [6.07, 6.45) is 0.913. The van der Waals surface area contributed by atoms with Crippen LogP contribution in [-0.2, 0) is 0 Å². The molecule has 0 aliphatic heterocycles. The van der Waals surface area contributed by atoms with Gasteiger partial charge in [-0.05, 0) is 0 Å². The van der Waals surface area contributed by atoms with E-state index in [2.05, 4.69) is 9.97 Å². The Morgan fingerprint density at radius 3 is 2.85 bits per heavy atom. The summed E-state index contributed by atoms with van der Waals surface area (Å²) in [5.41, 5.74) is -1.20. The van der Waals surface area contributed by atoms with Crippen LogP contribution < -0.4 is 11.2 Å². The highest BCUT2D eigenvalue weighted by atomic mass is 19.1. The van der Waals surface area contributed by atoms with Gasteiger partial charge in [-0.2, -0.15) is 0 Å². The standard InChI is InChI=1S/C7H4FN3O2/c8-3-1-4-5(9-2-3)6(12)11-7(13)10-4/h1-2H,(H2,10,11,12,13). The fraction of sp³-hybridized carbons (Fsp3) is 0. The summed E-state index contributed by atoms with van der Waals surface area (Å²) in [4.78, 5) is 29.6. The van der Waals surface area contributed by atoms with E-state index >= 15 is 0 Å². The molecule has 0 saturated carbocycles. The minimum Gasteiger partial charge on any atom is -0.305 e. The maximum Gasteiger partial charge on any atom is 0.326 e. The van der Waals surface area contributed by atoms with Gasteiger partial charge in [0.25, 0.3) is 5.56 Å². The van der Waals surface area contributed by atoms with E-state index in [-0.39, 0.29) is 11.0 Å². The zero-order chi connectivity index (χ0) is 9.42. The topological polar surface area (TPSA) is 78.6 Å². The van der Waals surface area contributed by atoms with Gasteiger partial charge in [0.05, 0.1) is 11.7 Å². The normalized spacial score (nSPS) is 10.5. The molecule has 0 aliphatic carbocycles. The van der Waals surface area contributed by atoms with Gasteiger partial charge in [-0.3, -0.25) is 9.78 Å². The summed E-state index contributed by atoms with van der Waals surface area (Å²) < 4.78 is 12.6. The lowest BCUT2D eigenvalue weighted by molar-refractivity contribution is 0.623. The van der Waals surface area contributed by atoms with Gasteiger partial charge in [0.1, 0.15) is 5.82 Å². The van der Waals surface area contributed by atoms with E-state index in [0.29, 0.717) is 0 Å². The van der Waals surface area contributed by atoms with Crippen molar-refractivity contribution in [2.75, 3.05) is 0 Å². The van der Waals surface area contributed by atoms with Crippen molar-refractivity contribution in [2.24, 2.45) is 0 Å². The molecule has 0 atom stereocenters. The minimum atomic E-state index is -0.676. The number of H-pyrrole nitrogens is 2. The number of pyridine rings is 1. The first kappa shape index (κ1) is 7.66. The van der Waals surface area contributed by atoms with Crippen LogP contribution >= 0.6 is 0 Å². The van der Waals surface area contributed by atoms with Crippen molar-refractivity contribution in [1.82, 2.24) is 15.0 Å². The Balaban J connectivity index is 3.03. The number of fused-ring (bicyclic) bond motifs is 1. The SMILES string of the molecule is O=c1[nH]c(=O)c2ncc(F)cc2[nH]1. The molecule has 0 unspecified atom stereocenters. The van der Waals surface area contributed by atoms with Crippen molar-refractivity contribution in [3.63, 3.8) is 0 Å². The molecule has 2 rings (SSSR count). The third-order valence-electron chi connectivity index (χ3n) is 1.54. The number of aromatic amines is 2. The van der Waals surface area contributed by atoms with Crippen LogP contribution in [0.2, 0.25) is 0 Å². The molecule has 0 bridgehead atoms. The summed E-state index contributed by atoms with van der Waals surface area (Å²) >= 11 is 0. The molecule has 2 aromatic rings. The Bertz CT molecular complexity index is 572. The molecule has 66 valence electrons. The molecule has 5 nitrogen and oxygen atoms in total. The molecule has 0 amide bonds. The number of hydrogen-bond acceptors (Lipinski definition) is 3. The van der Waals surface area contributed by atoms with E-state index in [1.807, 2.05) is 4.98 Å². The van der Waals surface area contributed by atoms with E-state index in [1.54, 1.807) is 0 Å². The molecule has 6 heteroatoms. The summed E-state index contributed by atoms with van der Waals surface area (Å²) in [6.45, 7) is 0. The summed E-state index contributed by atoms with van der Waals surface area (Å²) in [7, 11) is 0. The fourth-order valence-corrected chi connectivity index (χ4v) is 1.03. The van der Waals surface area contributed by atoms with Crippen molar-refractivity contribution >= 4 is 11.0 Å². The van der Waals surface area contributed by atoms with Crippen molar-refractivity contribution in [1.29, 1.82) is 0 Å². The zero-order valence-corrected chi connectivity index (χ0v) is 6.30. The van der Waals surface area contributed by atoms with Gasteiger partial charge in [-0.1, -0.05) is 0 Å². The zero-order valence-electron chi connectivity index (χ0n) is 6.30. The minimum absolute atomic E-state index is 0.0148. The van der Waals surface area contributed by atoms with Crippen LogP contribution in [0, 0.1) is 5.82 Å². The third kappa shape index (κ3) is 1.22. The first-order valence-corrected chi connectivity index (χ1v) is 3.45. The molecule has 0 fully saturated rings. The van der Waals surface area contributed by atoms with E-state index < -0.39 is 17.1 Å². The molecule has 2 aromatic heterocycles. The van der Waals surface area contributed by atoms with E-state index in [9.17, 15) is 14.0 Å². The number of aromatic nitrogens is 3. The highest BCUT2D eigenvalue weighted by Crippen LogP contribution is 2.02. The Labute approximate surface area is 70.3 Å². The number of rotatable bonds is 0. The molecule has 13 heavy (non-hydrogen) atoms. The van der Waals surface area contributed by atoms with Crippen LogP contribution in [-0.4, -0.2) is 15.0 Å². The fourth-order valence-electron chi connectivity index (χ4n) is 1.03. The van der Waals surface area contributed by atoms with Gasteiger partial charge >= 0.3 is 5.69 Å². The predicted molar refractivity (Wildman–Crippen MR) is 42.9 cm³/mol. The van der Waals surface area contributed by atoms with Crippen LogP contribution in [0.4, 0.5) is 4.39 Å². The van der Waals surface area contributed by atoms with E-state index in [0.717, 1.165) is 12.3 Å². The summed E-state index contributed by atoms with van der Waals surface area (Å²) in [5, 5.41) is 0. The van der Waals surface area contributed by atoms with Gasteiger partial charge in [-0.15, -0.1) is 0 Å². The molecule has 0 aliphatic rings. The lowest BCUT2D eigenvalue weighted by atomic mass is 10.3. The molecule has 0 spiro atoms. The Morgan fingerprint density at radius 1 is 1.31 bits per heavy atom. The first-order valence-electron chi connectivity index (χ1n) is 3.45. The largest absolute Gasteiger partial charge is 0.326 e. The Hall–Kier alpha value is -1.98. The second-order valence-electron chi connectivity index (χ2n) is 2.46. The molecular weight excluding hydrogens is 177 g/mol. The third-order valence-corrected chi connectivity index (χ3v) is 1.54. The number of hydrogen-bond donors (Lipinski definition) is 2. The van der Waals surface area contributed by atoms with Crippen molar-refractivity contribution in [2.45, 2.75) is 0 Å². The maximum atomic E-state index is 12.6. The van der Waals surface area contributed by atoms with Gasteiger partial charge < -0.3 is 4.98 Å². The predicted octanol–water partition coefficient (Wildman–Crippen LogP) is -0.249. The lowest BCUT2D eigenvalue weighted by Gasteiger charge is -1.93. The molecule has 2 heterocycles. The van der Waals surface area contributed by atoms with Gasteiger partial charge in [0.15, 0.2) is 5.52 Å². The van der Waals surface area contributed by atoms with Gasteiger partial charge in [0.2, 0.25) is 0 Å². The van der Waals surface area contributed by atoms with Crippen LogP contribution in [0.15, 0.2) is 21.9 Å².